The van der Waals surface area contributed by atoms with Crippen LogP contribution < -0.4 is 5.56 Å². The highest BCUT2D eigenvalue weighted by Gasteiger charge is 2.35. The van der Waals surface area contributed by atoms with Crippen LogP contribution in [-0.4, -0.2) is 52.3 Å². The molecule has 0 radical (unpaired) electrons. The summed E-state index contributed by atoms with van der Waals surface area (Å²) in [5.41, 5.74) is 1.44. The lowest BCUT2D eigenvalue weighted by molar-refractivity contribution is 0.0467. The van der Waals surface area contributed by atoms with Crippen LogP contribution in [0.5, 0.6) is 0 Å². The van der Waals surface area contributed by atoms with Gasteiger partial charge < -0.3 is 9.47 Å². The van der Waals surface area contributed by atoms with Crippen molar-refractivity contribution in [1.29, 1.82) is 0 Å². The number of aryl methyl sites for hydroxylation is 1. The first kappa shape index (κ1) is 20.9. The molecule has 0 aliphatic carbocycles. The summed E-state index contributed by atoms with van der Waals surface area (Å²) >= 11 is 1.32. The molecular weight excluding hydrogens is 422 g/mol. The normalized spacial score (nSPS) is 13.2. The van der Waals surface area contributed by atoms with Crippen molar-refractivity contribution in [2.75, 3.05) is 20.3 Å². The first-order valence-electron chi connectivity index (χ1n) is 9.54. The standard InChI is InChI=1S/C21H19N3O6S/c1-12-11-31-21-22-14(9-17(25)24(12)21)10-30-20(28)13-4-5-15-16(8-13)19(27)23(18(15)26)6-3-7-29-2/h4-5,8-9,11H,3,6-7,10H2,1-2H3. The maximum absolute atomic E-state index is 12.6. The van der Waals surface area contributed by atoms with Crippen molar-refractivity contribution in [3.63, 3.8) is 0 Å². The molecule has 0 atom stereocenters. The number of amides is 2. The topological polar surface area (TPSA) is 107 Å². The molecule has 0 fully saturated rings. The van der Waals surface area contributed by atoms with Crippen LogP contribution in [0, 0.1) is 6.92 Å². The first-order valence-corrected chi connectivity index (χ1v) is 10.4. The molecule has 9 nitrogen and oxygen atoms in total. The van der Waals surface area contributed by atoms with Gasteiger partial charge in [-0.05, 0) is 31.5 Å². The first-order chi connectivity index (χ1) is 14.9. The SMILES string of the molecule is COCCCN1C(=O)c2ccc(C(=O)OCc3cc(=O)n4c(C)csc4n3)cc2C1=O. The van der Waals surface area contributed by atoms with E-state index in [4.69, 9.17) is 9.47 Å². The fourth-order valence-electron chi connectivity index (χ4n) is 3.39. The second kappa shape index (κ2) is 8.40. The lowest BCUT2D eigenvalue weighted by Crippen LogP contribution is -2.31. The molecule has 1 aliphatic heterocycles. The van der Waals surface area contributed by atoms with E-state index in [1.54, 1.807) is 7.11 Å². The van der Waals surface area contributed by atoms with Crippen molar-refractivity contribution in [3.8, 4) is 0 Å². The largest absolute Gasteiger partial charge is 0.456 e. The van der Waals surface area contributed by atoms with Crippen molar-refractivity contribution in [3.05, 3.63) is 68.1 Å². The Balaban J connectivity index is 1.48. The number of hydrogen-bond acceptors (Lipinski definition) is 8. The van der Waals surface area contributed by atoms with E-state index in [1.165, 1.54) is 40.0 Å². The maximum atomic E-state index is 12.6. The Hall–Kier alpha value is -3.37. The van der Waals surface area contributed by atoms with E-state index in [-0.39, 0.29) is 41.3 Å². The lowest BCUT2D eigenvalue weighted by Gasteiger charge is -2.12. The van der Waals surface area contributed by atoms with Crippen LogP contribution in [-0.2, 0) is 16.1 Å². The van der Waals surface area contributed by atoms with Crippen molar-refractivity contribution in [2.24, 2.45) is 0 Å². The number of rotatable bonds is 7. The van der Waals surface area contributed by atoms with Crippen molar-refractivity contribution >= 4 is 34.1 Å². The van der Waals surface area contributed by atoms with E-state index in [0.29, 0.717) is 23.7 Å². The summed E-state index contributed by atoms with van der Waals surface area (Å²) < 4.78 is 11.7. The third-order valence-electron chi connectivity index (χ3n) is 4.92. The van der Waals surface area contributed by atoms with Gasteiger partial charge in [0, 0.05) is 37.4 Å². The summed E-state index contributed by atoms with van der Waals surface area (Å²) in [6.07, 6.45) is 0.526. The fraction of sp³-hybridized carbons (Fsp3) is 0.286. The van der Waals surface area contributed by atoms with Crippen molar-refractivity contribution in [1.82, 2.24) is 14.3 Å². The number of benzene rings is 1. The maximum Gasteiger partial charge on any atom is 0.338 e. The molecule has 160 valence electrons. The average molecular weight is 441 g/mol. The average Bonchev–Trinajstić information content (AvgIpc) is 3.25. The molecule has 0 N–H and O–H groups in total. The van der Waals surface area contributed by atoms with E-state index < -0.39 is 11.9 Å². The molecule has 2 aromatic heterocycles. The Morgan fingerprint density at radius 3 is 2.68 bits per heavy atom. The third kappa shape index (κ3) is 3.87. The predicted octanol–water partition coefficient (Wildman–Crippen LogP) is 2.05. The fourth-order valence-corrected chi connectivity index (χ4v) is 4.28. The highest BCUT2D eigenvalue weighted by atomic mass is 32.1. The highest BCUT2D eigenvalue weighted by molar-refractivity contribution is 7.15. The Bertz CT molecular complexity index is 1260. The zero-order chi connectivity index (χ0) is 22.1. The Labute approximate surface area is 180 Å². The number of fused-ring (bicyclic) bond motifs is 2. The van der Waals surface area contributed by atoms with E-state index in [9.17, 15) is 19.2 Å². The summed E-state index contributed by atoms with van der Waals surface area (Å²) in [6, 6.07) is 5.58. The minimum Gasteiger partial charge on any atom is -0.456 e. The zero-order valence-corrected chi connectivity index (χ0v) is 17.7. The van der Waals surface area contributed by atoms with Crippen LogP contribution >= 0.6 is 11.3 Å². The minimum atomic E-state index is -0.676. The van der Waals surface area contributed by atoms with Crippen LogP contribution in [0.25, 0.3) is 4.96 Å². The number of hydrogen-bond donors (Lipinski definition) is 0. The molecule has 0 unspecified atom stereocenters. The van der Waals surface area contributed by atoms with Crippen LogP contribution in [0.15, 0.2) is 34.4 Å². The monoisotopic (exact) mass is 441 g/mol. The van der Waals surface area contributed by atoms with Gasteiger partial charge in [0.05, 0.1) is 22.4 Å². The Morgan fingerprint density at radius 1 is 1.13 bits per heavy atom. The highest BCUT2D eigenvalue weighted by Crippen LogP contribution is 2.24. The molecule has 3 heterocycles. The summed E-state index contributed by atoms with van der Waals surface area (Å²) in [4.78, 5) is 55.7. The molecule has 31 heavy (non-hydrogen) atoms. The second-order valence-corrected chi connectivity index (χ2v) is 7.86. The zero-order valence-electron chi connectivity index (χ0n) is 16.9. The van der Waals surface area contributed by atoms with Gasteiger partial charge in [0.15, 0.2) is 4.96 Å². The summed E-state index contributed by atoms with van der Waals surface area (Å²) in [5, 5.41) is 1.82. The molecular formula is C21H19N3O6S. The van der Waals surface area contributed by atoms with Gasteiger partial charge in [0.2, 0.25) is 0 Å². The van der Waals surface area contributed by atoms with Gasteiger partial charge in [0.25, 0.3) is 17.4 Å². The molecule has 4 rings (SSSR count). The molecule has 1 aromatic carbocycles. The molecule has 1 aliphatic rings. The van der Waals surface area contributed by atoms with E-state index in [1.807, 2.05) is 12.3 Å². The number of esters is 1. The van der Waals surface area contributed by atoms with E-state index in [2.05, 4.69) is 4.98 Å². The van der Waals surface area contributed by atoms with Gasteiger partial charge in [-0.3, -0.25) is 23.7 Å². The quantitative estimate of drug-likeness (QED) is 0.314. The second-order valence-electron chi connectivity index (χ2n) is 7.03. The molecule has 3 aromatic rings. The smallest absolute Gasteiger partial charge is 0.338 e. The van der Waals surface area contributed by atoms with Crippen LogP contribution in [0.4, 0.5) is 0 Å². The summed E-state index contributed by atoms with van der Waals surface area (Å²) in [7, 11) is 1.55. The molecule has 2 amide bonds. The van der Waals surface area contributed by atoms with Crippen LogP contribution in [0.2, 0.25) is 0 Å². The number of imide groups is 1. The molecule has 10 heteroatoms. The van der Waals surface area contributed by atoms with Crippen molar-refractivity contribution in [2.45, 2.75) is 20.0 Å². The summed E-state index contributed by atoms with van der Waals surface area (Å²) in [5.74, 6) is -1.51. The number of ether oxygens (including phenoxy) is 2. The Morgan fingerprint density at radius 2 is 1.90 bits per heavy atom. The Kier molecular flexibility index (Phi) is 5.66. The van der Waals surface area contributed by atoms with Gasteiger partial charge in [-0.15, -0.1) is 11.3 Å². The van der Waals surface area contributed by atoms with Gasteiger partial charge >= 0.3 is 5.97 Å². The van der Waals surface area contributed by atoms with Gasteiger partial charge in [-0.2, -0.15) is 0 Å². The number of nitrogens with zero attached hydrogens (tertiary/aromatic N) is 3. The minimum absolute atomic E-state index is 0.142. The molecule has 0 saturated carbocycles. The number of carbonyl (C=O) groups is 3. The lowest BCUT2D eigenvalue weighted by atomic mass is 10.1. The van der Waals surface area contributed by atoms with E-state index >= 15 is 0 Å². The number of carbonyl (C=O) groups excluding carboxylic acids is 3. The molecule has 0 bridgehead atoms. The number of aromatic nitrogens is 2. The third-order valence-corrected chi connectivity index (χ3v) is 5.86. The predicted molar refractivity (Wildman–Crippen MR) is 111 cm³/mol. The number of thiazole rings is 1. The van der Waals surface area contributed by atoms with Crippen LogP contribution in [0.1, 0.15) is 48.9 Å². The number of methoxy groups -OCH3 is 1. The van der Waals surface area contributed by atoms with Crippen LogP contribution in [0.3, 0.4) is 0 Å². The summed E-state index contributed by atoms with van der Waals surface area (Å²) in [6.45, 7) is 2.30. The molecule has 0 spiro atoms. The molecule has 0 saturated heterocycles. The van der Waals surface area contributed by atoms with Gasteiger partial charge in [-0.25, -0.2) is 9.78 Å². The van der Waals surface area contributed by atoms with Crippen molar-refractivity contribution < 1.29 is 23.9 Å². The van der Waals surface area contributed by atoms with E-state index in [0.717, 1.165) is 10.6 Å². The van der Waals surface area contributed by atoms with Gasteiger partial charge in [0.1, 0.15) is 6.61 Å². The van der Waals surface area contributed by atoms with Gasteiger partial charge in [-0.1, -0.05) is 0 Å².